The van der Waals surface area contributed by atoms with Gasteiger partial charge in [-0.25, -0.2) is 0 Å². The third-order valence-electron chi connectivity index (χ3n) is 13.4. The molecule has 0 aliphatic carbocycles. The standard InChI is InChI=1S/C69H119N2O6P/c1-6-8-10-12-14-16-18-20-22-24-25-26-27-28-29-30-31-32-33-34-35-36-37-38-39-40-41-42-43-44-45-47-49-51-53-55-57-59-61-63-69(73)70-67(66-77-78(74,75)76-65-64-71(3,4)5)68(72)62-60-58-56-54-52-50-48-46-23-21-19-17-15-13-11-9-7-2/h8,10,14,16,20,22,25-26,28-29,31-32,34-35,37-38,40-41,43-44,60,62,67-68,72H,6-7,9,11-13,15,17-19,21,23-24,27,30,33,36,39,42,45-59,61,63-66H2,1-5H3,(H-,70,73,74,75)/b10-8-,16-14-,22-20-,26-25-,29-28-,32-31-,35-34-,38-37-,41-40-,44-43-,62-60+. The third kappa shape index (κ3) is 60.3. The van der Waals surface area contributed by atoms with Gasteiger partial charge in [-0.05, 0) is 96.3 Å². The number of nitrogens with zero attached hydrogens (tertiary/aromatic N) is 1. The van der Waals surface area contributed by atoms with Gasteiger partial charge in [-0.3, -0.25) is 9.36 Å². The maximum Gasteiger partial charge on any atom is 0.268 e. The largest absolute Gasteiger partial charge is 0.756 e. The average molecular weight is 1100 g/mol. The number of carbonyl (C=O) groups excluding carboxylic acids is 1. The van der Waals surface area contributed by atoms with Crippen molar-refractivity contribution in [2.45, 2.75) is 257 Å². The number of nitrogens with one attached hydrogen (secondary N) is 1. The average Bonchev–Trinajstić information content (AvgIpc) is 3.40. The van der Waals surface area contributed by atoms with E-state index >= 15 is 0 Å². The first-order valence-electron chi connectivity index (χ1n) is 31.5. The summed E-state index contributed by atoms with van der Waals surface area (Å²) in [5.74, 6) is -0.210. The molecule has 0 saturated carbocycles. The minimum atomic E-state index is -4.61. The number of aliphatic hydroxyl groups is 1. The first-order chi connectivity index (χ1) is 38.0. The molecular formula is C69H119N2O6P. The summed E-state index contributed by atoms with van der Waals surface area (Å²) in [4.78, 5) is 25.5. The van der Waals surface area contributed by atoms with Crippen LogP contribution in [0.1, 0.15) is 245 Å². The quantitative estimate of drug-likeness (QED) is 0.0272. The number of hydrogen-bond acceptors (Lipinski definition) is 6. The number of phosphoric acid groups is 1. The molecule has 2 N–H and O–H groups in total. The first-order valence-corrected chi connectivity index (χ1v) is 33.0. The molecule has 0 radical (unpaired) electrons. The zero-order chi connectivity index (χ0) is 57.0. The predicted octanol–water partition coefficient (Wildman–Crippen LogP) is 19.2. The van der Waals surface area contributed by atoms with Gasteiger partial charge in [0.1, 0.15) is 13.2 Å². The number of phosphoric ester groups is 1. The predicted molar refractivity (Wildman–Crippen MR) is 338 cm³/mol. The van der Waals surface area contributed by atoms with E-state index in [1.165, 1.54) is 109 Å². The molecule has 0 rings (SSSR count). The topological polar surface area (TPSA) is 108 Å². The van der Waals surface area contributed by atoms with Crippen LogP contribution in [0.4, 0.5) is 0 Å². The highest BCUT2D eigenvalue weighted by molar-refractivity contribution is 7.45. The molecular weight excluding hydrogens is 984 g/mol. The summed E-state index contributed by atoms with van der Waals surface area (Å²) >= 11 is 0. The Morgan fingerprint density at radius 3 is 1.14 bits per heavy atom. The van der Waals surface area contributed by atoms with E-state index in [9.17, 15) is 19.4 Å². The molecule has 78 heavy (non-hydrogen) atoms. The molecule has 3 atom stereocenters. The summed E-state index contributed by atoms with van der Waals surface area (Å²) in [6.45, 7) is 4.53. The lowest BCUT2D eigenvalue weighted by molar-refractivity contribution is -0.870. The molecule has 0 saturated heterocycles. The van der Waals surface area contributed by atoms with Crippen LogP contribution in [0.25, 0.3) is 0 Å². The van der Waals surface area contributed by atoms with Crippen LogP contribution >= 0.6 is 7.82 Å². The number of allylic oxidation sites excluding steroid dienone is 21. The minimum Gasteiger partial charge on any atom is -0.756 e. The van der Waals surface area contributed by atoms with Crippen LogP contribution in [-0.2, 0) is 18.4 Å². The maximum absolute atomic E-state index is 13.0. The van der Waals surface area contributed by atoms with Crippen LogP contribution in [0.15, 0.2) is 134 Å². The number of quaternary nitrogens is 1. The van der Waals surface area contributed by atoms with Gasteiger partial charge in [0.25, 0.3) is 7.82 Å². The molecule has 0 heterocycles. The summed E-state index contributed by atoms with van der Waals surface area (Å²) < 4.78 is 23.4. The van der Waals surface area contributed by atoms with Gasteiger partial charge in [0.2, 0.25) is 5.91 Å². The van der Waals surface area contributed by atoms with Crippen molar-refractivity contribution < 1.29 is 32.9 Å². The lowest BCUT2D eigenvalue weighted by Gasteiger charge is -2.29. The van der Waals surface area contributed by atoms with E-state index in [1.54, 1.807) is 6.08 Å². The van der Waals surface area contributed by atoms with E-state index in [2.05, 4.69) is 141 Å². The lowest BCUT2D eigenvalue weighted by atomic mass is 10.0. The molecule has 0 aromatic heterocycles. The molecule has 0 bridgehead atoms. The maximum atomic E-state index is 13.0. The zero-order valence-corrected chi connectivity index (χ0v) is 51.7. The molecule has 0 aromatic rings. The number of amides is 1. The fraction of sp³-hybridized carbons (Fsp3) is 0.667. The normalized spacial score (nSPS) is 14.7. The van der Waals surface area contributed by atoms with E-state index in [0.29, 0.717) is 17.4 Å². The number of hydrogen-bond donors (Lipinski definition) is 2. The van der Waals surface area contributed by atoms with Crippen LogP contribution in [0.2, 0.25) is 0 Å². The van der Waals surface area contributed by atoms with Crippen LogP contribution in [0.5, 0.6) is 0 Å². The Labute approximate surface area is 481 Å². The Bertz CT molecular complexity index is 1730. The number of aliphatic hydroxyl groups excluding tert-OH is 1. The van der Waals surface area contributed by atoms with Crippen molar-refractivity contribution in [3.05, 3.63) is 134 Å². The fourth-order valence-electron chi connectivity index (χ4n) is 8.48. The van der Waals surface area contributed by atoms with Gasteiger partial charge >= 0.3 is 0 Å². The van der Waals surface area contributed by atoms with Crippen molar-refractivity contribution >= 4 is 13.7 Å². The molecule has 0 aliphatic rings. The highest BCUT2D eigenvalue weighted by atomic mass is 31.2. The van der Waals surface area contributed by atoms with Crippen LogP contribution in [0.3, 0.4) is 0 Å². The van der Waals surface area contributed by atoms with E-state index in [4.69, 9.17) is 9.05 Å². The molecule has 1 amide bonds. The van der Waals surface area contributed by atoms with Crippen LogP contribution < -0.4 is 10.2 Å². The molecule has 8 nitrogen and oxygen atoms in total. The summed E-state index contributed by atoms with van der Waals surface area (Å²) in [6, 6.07) is -0.900. The van der Waals surface area contributed by atoms with Crippen molar-refractivity contribution in [2.75, 3.05) is 40.9 Å². The van der Waals surface area contributed by atoms with Crippen LogP contribution in [-0.4, -0.2) is 68.5 Å². The van der Waals surface area contributed by atoms with Crippen molar-refractivity contribution in [1.29, 1.82) is 0 Å². The highest BCUT2D eigenvalue weighted by Gasteiger charge is 2.23. The van der Waals surface area contributed by atoms with Crippen molar-refractivity contribution in [3.63, 3.8) is 0 Å². The van der Waals surface area contributed by atoms with Crippen molar-refractivity contribution in [2.24, 2.45) is 0 Å². The molecule has 0 spiro atoms. The second-order valence-corrected chi connectivity index (χ2v) is 23.4. The smallest absolute Gasteiger partial charge is 0.268 e. The third-order valence-corrected chi connectivity index (χ3v) is 14.3. The molecule has 0 aromatic carbocycles. The Balaban J connectivity index is 4.16. The lowest BCUT2D eigenvalue weighted by Crippen LogP contribution is -2.45. The van der Waals surface area contributed by atoms with Gasteiger partial charge in [-0.1, -0.05) is 276 Å². The molecule has 0 fully saturated rings. The van der Waals surface area contributed by atoms with Crippen molar-refractivity contribution in [3.8, 4) is 0 Å². The number of unbranched alkanes of at least 4 members (excludes halogenated alkanes) is 23. The Morgan fingerprint density at radius 1 is 0.462 bits per heavy atom. The SMILES string of the molecule is CC/C=C\C/C=C\C/C=C\C/C=C\C/C=C\C/C=C\C/C=C\C/C=C\C/C=C\C/C=C\CCCCCCCCCCC(=O)NC(COP(=O)([O-])OCC[N+](C)(C)C)C(O)/C=C/CCCCCCCCCCCCCCCCC. The Kier molecular flexibility index (Phi) is 55.8. The summed E-state index contributed by atoms with van der Waals surface area (Å²) in [6.07, 6.45) is 88.2. The Hall–Kier alpha value is -3.36. The molecule has 446 valence electrons. The van der Waals surface area contributed by atoms with Gasteiger partial charge in [0, 0.05) is 6.42 Å². The number of carbonyl (C=O) groups is 1. The minimum absolute atomic E-state index is 0.00877. The second kappa shape index (κ2) is 58.3. The number of likely N-dealkylation sites (N-methyl/N-ethyl adjacent to an activating group) is 1. The highest BCUT2D eigenvalue weighted by Crippen LogP contribution is 2.38. The van der Waals surface area contributed by atoms with Gasteiger partial charge < -0.3 is 28.8 Å². The Morgan fingerprint density at radius 2 is 0.782 bits per heavy atom. The molecule has 3 unspecified atom stereocenters. The summed E-state index contributed by atoms with van der Waals surface area (Å²) in [5.41, 5.74) is 0. The van der Waals surface area contributed by atoms with Gasteiger partial charge in [-0.15, -0.1) is 0 Å². The second-order valence-electron chi connectivity index (χ2n) is 22.0. The molecule has 0 aliphatic heterocycles. The zero-order valence-electron chi connectivity index (χ0n) is 50.8. The van der Waals surface area contributed by atoms with E-state index < -0.39 is 26.6 Å². The molecule has 9 heteroatoms. The first kappa shape index (κ1) is 74.6. The van der Waals surface area contributed by atoms with E-state index in [0.717, 1.165) is 116 Å². The summed E-state index contributed by atoms with van der Waals surface area (Å²) in [7, 11) is 1.24. The number of rotatable bonds is 56. The summed E-state index contributed by atoms with van der Waals surface area (Å²) in [5, 5.41) is 13.9. The van der Waals surface area contributed by atoms with Crippen molar-refractivity contribution in [1.82, 2.24) is 5.32 Å². The van der Waals surface area contributed by atoms with E-state index in [1.807, 2.05) is 27.2 Å². The van der Waals surface area contributed by atoms with Gasteiger partial charge in [0.15, 0.2) is 0 Å². The van der Waals surface area contributed by atoms with Gasteiger partial charge in [0.05, 0.1) is 39.9 Å². The van der Waals surface area contributed by atoms with E-state index in [-0.39, 0.29) is 12.5 Å². The monoisotopic (exact) mass is 1100 g/mol. The van der Waals surface area contributed by atoms with Gasteiger partial charge in [-0.2, -0.15) is 0 Å². The fourth-order valence-corrected chi connectivity index (χ4v) is 9.20. The van der Waals surface area contributed by atoms with Crippen LogP contribution in [0, 0.1) is 0 Å².